The van der Waals surface area contributed by atoms with Gasteiger partial charge in [-0.3, -0.25) is 4.57 Å². The van der Waals surface area contributed by atoms with Gasteiger partial charge in [0, 0.05) is 17.6 Å². The first-order valence-electron chi connectivity index (χ1n) is 6.98. The second kappa shape index (κ2) is 5.13. The minimum absolute atomic E-state index is 0.306. The number of nitrogens with two attached hydrogens (primary N) is 1. The Labute approximate surface area is 113 Å². The van der Waals surface area contributed by atoms with Crippen LogP contribution in [0.4, 0.5) is 0 Å². The molecule has 0 spiro atoms. The van der Waals surface area contributed by atoms with Crippen molar-refractivity contribution in [2.45, 2.75) is 44.6 Å². The van der Waals surface area contributed by atoms with E-state index in [1.165, 1.54) is 12.8 Å². The average Bonchev–Trinajstić information content (AvgIpc) is 2.82. The van der Waals surface area contributed by atoms with Crippen molar-refractivity contribution in [3.8, 4) is 5.69 Å². The van der Waals surface area contributed by atoms with Crippen LogP contribution in [-0.4, -0.2) is 20.8 Å². The van der Waals surface area contributed by atoms with E-state index in [2.05, 4.69) is 26.9 Å². The van der Waals surface area contributed by atoms with Gasteiger partial charge in [0.15, 0.2) is 0 Å². The molecule has 4 nitrogen and oxygen atoms in total. The lowest BCUT2D eigenvalue weighted by Crippen LogP contribution is -2.28. The van der Waals surface area contributed by atoms with E-state index in [0.29, 0.717) is 12.0 Å². The second-order valence-corrected chi connectivity index (χ2v) is 5.40. The van der Waals surface area contributed by atoms with Crippen LogP contribution in [0.1, 0.15) is 43.3 Å². The molecule has 0 saturated heterocycles. The Kier molecular flexibility index (Phi) is 3.34. The molecular weight excluding hydrogens is 236 g/mol. The first-order valence-corrected chi connectivity index (χ1v) is 6.98. The van der Waals surface area contributed by atoms with Crippen molar-refractivity contribution in [1.29, 1.82) is 0 Å². The van der Waals surface area contributed by atoms with E-state index in [-0.39, 0.29) is 0 Å². The van der Waals surface area contributed by atoms with Crippen molar-refractivity contribution in [2.75, 3.05) is 0 Å². The largest absolute Gasteiger partial charge is 0.328 e. The molecule has 1 saturated carbocycles. The summed E-state index contributed by atoms with van der Waals surface area (Å²) in [6, 6.07) is 10.6. The van der Waals surface area contributed by atoms with Gasteiger partial charge in [0.1, 0.15) is 11.6 Å². The van der Waals surface area contributed by atoms with Gasteiger partial charge in [0.2, 0.25) is 0 Å². The van der Waals surface area contributed by atoms with Gasteiger partial charge < -0.3 is 5.73 Å². The van der Waals surface area contributed by atoms with Crippen LogP contribution < -0.4 is 5.73 Å². The summed E-state index contributed by atoms with van der Waals surface area (Å²) in [7, 11) is 0. The fraction of sp³-hybridized carbons (Fsp3) is 0.467. The van der Waals surface area contributed by atoms with E-state index in [9.17, 15) is 0 Å². The summed E-state index contributed by atoms with van der Waals surface area (Å²) in [6.07, 6.45) is 4.51. The maximum Gasteiger partial charge on any atom is 0.140 e. The van der Waals surface area contributed by atoms with Crippen LogP contribution in [-0.2, 0) is 0 Å². The molecule has 100 valence electrons. The predicted molar refractivity (Wildman–Crippen MR) is 75.3 cm³/mol. The topological polar surface area (TPSA) is 56.7 Å². The summed E-state index contributed by atoms with van der Waals surface area (Å²) in [4.78, 5) is 0. The summed E-state index contributed by atoms with van der Waals surface area (Å²) in [5, 5.41) is 8.67. The van der Waals surface area contributed by atoms with Crippen molar-refractivity contribution in [3.05, 3.63) is 42.0 Å². The SMILES string of the molecule is Cc1nnc(C2CCCC(N)C2)n1-c1ccccc1. The highest BCUT2D eigenvalue weighted by molar-refractivity contribution is 5.34. The van der Waals surface area contributed by atoms with E-state index in [1.54, 1.807) is 0 Å². The Morgan fingerprint density at radius 1 is 1.16 bits per heavy atom. The van der Waals surface area contributed by atoms with Crippen LogP contribution in [0, 0.1) is 6.92 Å². The van der Waals surface area contributed by atoms with Crippen LogP contribution in [0.2, 0.25) is 0 Å². The fourth-order valence-electron chi connectivity index (χ4n) is 3.00. The molecule has 0 amide bonds. The zero-order chi connectivity index (χ0) is 13.2. The molecule has 0 bridgehead atoms. The Hall–Kier alpha value is -1.68. The van der Waals surface area contributed by atoms with Gasteiger partial charge in [-0.15, -0.1) is 10.2 Å². The number of aromatic nitrogens is 3. The van der Waals surface area contributed by atoms with Crippen molar-refractivity contribution < 1.29 is 0 Å². The van der Waals surface area contributed by atoms with Crippen LogP contribution in [0.25, 0.3) is 5.69 Å². The molecule has 1 heterocycles. The lowest BCUT2D eigenvalue weighted by molar-refractivity contribution is 0.379. The highest BCUT2D eigenvalue weighted by atomic mass is 15.3. The molecule has 1 aliphatic rings. The van der Waals surface area contributed by atoms with Crippen molar-refractivity contribution >= 4 is 0 Å². The molecule has 3 rings (SSSR count). The van der Waals surface area contributed by atoms with Gasteiger partial charge in [0.05, 0.1) is 0 Å². The number of nitrogens with zero attached hydrogens (tertiary/aromatic N) is 3. The van der Waals surface area contributed by atoms with E-state index in [0.717, 1.165) is 30.2 Å². The summed E-state index contributed by atoms with van der Waals surface area (Å²) < 4.78 is 2.17. The molecule has 2 N–H and O–H groups in total. The first-order chi connectivity index (χ1) is 9.25. The first kappa shape index (κ1) is 12.4. The molecule has 0 radical (unpaired) electrons. The zero-order valence-electron chi connectivity index (χ0n) is 11.3. The average molecular weight is 256 g/mol. The number of para-hydroxylation sites is 1. The Morgan fingerprint density at radius 3 is 2.68 bits per heavy atom. The third-order valence-corrected chi connectivity index (χ3v) is 3.94. The number of hydrogen-bond donors (Lipinski definition) is 1. The molecule has 4 heteroatoms. The quantitative estimate of drug-likeness (QED) is 0.898. The minimum Gasteiger partial charge on any atom is -0.328 e. The van der Waals surface area contributed by atoms with Crippen molar-refractivity contribution in [2.24, 2.45) is 5.73 Å². The Bertz CT molecular complexity index is 547. The van der Waals surface area contributed by atoms with Crippen molar-refractivity contribution in [3.63, 3.8) is 0 Å². The summed E-state index contributed by atoms with van der Waals surface area (Å²) in [6.45, 7) is 2.01. The number of rotatable bonds is 2. The second-order valence-electron chi connectivity index (χ2n) is 5.40. The van der Waals surface area contributed by atoms with Crippen LogP contribution in [0.5, 0.6) is 0 Å². The number of hydrogen-bond acceptors (Lipinski definition) is 3. The van der Waals surface area contributed by atoms with Gasteiger partial charge in [-0.1, -0.05) is 24.6 Å². The van der Waals surface area contributed by atoms with Gasteiger partial charge in [0.25, 0.3) is 0 Å². The number of benzene rings is 1. The smallest absolute Gasteiger partial charge is 0.140 e. The molecule has 1 fully saturated rings. The van der Waals surface area contributed by atoms with E-state index in [4.69, 9.17) is 5.73 Å². The molecule has 2 aromatic rings. The van der Waals surface area contributed by atoms with E-state index >= 15 is 0 Å². The van der Waals surface area contributed by atoms with Crippen LogP contribution in [0.3, 0.4) is 0 Å². The molecule has 2 unspecified atom stereocenters. The van der Waals surface area contributed by atoms with Crippen molar-refractivity contribution in [1.82, 2.24) is 14.8 Å². The maximum absolute atomic E-state index is 6.10. The lowest BCUT2D eigenvalue weighted by Gasteiger charge is -2.26. The number of aryl methyl sites for hydroxylation is 1. The molecular formula is C15H20N4. The molecule has 1 aromatic carbocycles. The standard InChI is InChI=1S/C15H20N4/c1-11-17-18-15(12-6-5-7-13(16)10-12)19(11)14-8-3-2-4-9-14/h2-4,8-9,12-13H,5-7,10,16H2,1H3. The Morgan fingerprint density at radius 2 is 1.95 bits per heavy atom. The van der Waals surface area contributed by atoms with E-state index in [1.807, 2.05) is 25.1 Å². The minimum atomic E-state index is 0.306. The van der Waals surface area contributed by atoms with Gasteiger partial charge in [-0.2, -0.15) is 0 Å². The third-order valence-electron chi connectivity index (χ3n) is 3.94. The molecule has 1 aromatic heterocycles. The van der Waals surface area contributed by atoms with Gasteiger partial charge in [-0.25, -0.2) is 0 Å². The van der Waals surface area contributed by atoms with Gasteiger partial charge in [-0.05, 0) is 38.3 Å². The fourth-order valence-corrected chi connectivity index (χ4v) is 3.00. The normalized spacial score (nSPS) is 23.5. The van der Waals surface area contributed by atoms with Gasteiger partial charge >= 0.3 is 0 Å². The van der Waals surface area contributed by atoms with Crippen LogP contribution >= 0.6 is 0 Å². The predicted octanol–water partition coefficient (Wildman–Crippen LogP) is 2.56. The van der Waals surface area contributed by atoms with Crippen LogP contribution in [0.15, 0.2) is 30.3 Å². The molecule has 19 heavy (non-hydrogen) atoms. The Balaban J connectivity index is 1.99. The highest BCUT2D eigenvalue weighted by Gasteiger charge is 2.26. The highest BCUT2D eigenvalue weighted by Crippen LogP contribution is 2.32. The molecule has 1 aliphatic carbocycles. The lowest BCUT2D eigenvalue weighted by atomic mass is 9.85. The summed E-state index contributed by atoms with van der Waals surface area (Å²) in [5.41, 5.74) is 7.24. The monoisotopic (exact) mass is 256 g/mol. The third kappa shape index (κ3) is 2.40. The maximum atomic E-state index is 6.10. The molecule has 2 atom stereocenters. The van der Waals surface area contributed by atoms with E-state index < -0.39 is 0 Å². The molecule has 0 aliphatic heterocycles. The summed E-state index contributed by atoms with van der Waals surface area (Å²) in [5.74, 6) is 2.45. The summed E-state index contributed by atoms with van der Waals surface area (Å²) >= 11 is 0. The zero-order valence-corrected chi connectivity index (χ0v) is 11.3.